The van der Waals surface area contributed by atoms with Gasteiger partial charge in [0.05, 0.1) is 17.6 Å². The Morgan fingerprint density at radius 3 is 2.57 bits per heavy atom. The van der Waals surface area contributed by atoms with Gasteiger partial charge in [0.1, 0.15) is 5.00 Å². The van der Waals surface area contributed by atoms with E-state index in [1.807, 2.05) is 30.3 Å². The van der Waals surface area contributed by atoms with Crippen LogP contribution in [0.3, 0.4) is 0 Å². The van der Waals surface area contributed by atoms with E-state index in [1.54, 1.807) is 6.92 Å². The summed E-state index contributed by atoms with van der Waals surface area (Å²) in [7, 11) is 1.29. The maximum absolute atomic E-state index is 12.2. The highest BCUT2D eigenvalue weighted by atomic mass is 32.1. The molecule has 0 fully saturated rings. The maximum atomic E-state index is 12.2. The zero-order valence-corrected chi connectivity index (χ0v) is 12.6. The fourth-order valence-corrected chi connectivity index (χ4v) is 2.95. The molecule has 5 nitrogen and oxygen atoms in total. The number of carbonyl (C=O) groups excluding carboxylic acids is 2. The Hall–Kier alpha value is -2.34. The molecular formula is C15H16N2O3S. The van der Waals surface area contributed by atoms with Crippen molar-refractivity contribution < 1.29 is 14.3 Å². The number of carbonyl (C=O) groups is 2. The van der Waals surface area contributed by atoms with Crippen LogP contribution in [0.15, 0.2) is 30.3 Å². The van der Waals surface area contributed by atoms with Gasteiger partial charge in [0, 0.05) is 6.54 Å². The molecule has 0 bridgehead atoms. The Balaban J connectivity index is 2.15. The average molecular weight is 304 g/mol. The highest BCUT2D eigenvalue weighted by Gasteiger charge is 2.23. The van der Waals surface area contributed by atoms with Gasteiger partial charge in [-0.05, 0) is 18.1 Å². The monoisotopic (exact) mass is 304 g/mol. The summed E-state index contributed by atoms with van der Waals surface area (Å²) in [5.74, 6) is -0.772. The second-order valence-electron chi connectivity index (χ2n) is 4.46. The summed E-state index contributed by atoms with van der Waals surface area (Å²) in [4.78, 5) is 24.3. The standard InChI is InChI=1S/C15H16N2O3S/c1-9-11(15(19)20-2)13(16)21-12(9)14(18)17-8-10-6-4-3-5-7-10/h3-7H,8,16H2,1-2H3,(H,17,18). The normalized spacial score (nSPS) is 10.2. The van der Waals surface area contributed by atoms with Gasteiger partial charge in [0.15, 0.2) is 0 Å². The highest BCUT2D eigenvalue weighted by Crippen LogP contribution is 2.30. The van der Waals surface area contributed by atoms with E-state index in [9.17, 15) is 9.59 Å². The second-order valence-corrected chi connectivity index (χ2v) is 5.51. The van der Waals surface area contributed by atoms with Crippen molar-refractivity contribution in [2.75, 3.05) is 12.8 Å². The van der Waals surface area contributed by atoms with Gasteiger partial charge >= 0.3 is 5.97 Å². The van der Waals surface area contributed by atoms with E-state index in [0.29, 0.717) is 22.0 Å². The number of amides is 1. The molecular weight excluding hydrogens is 288 g/mol. The van der Waals surface area contributed by atoms with E-state index < -0.39 is 5.97 Å². The molecule has 1 aromatic heterocycles. The lowest BCUT2D eigenvalue weighted by Crippen LogP contribution is -2.22. The van der Waals surface area contributed by atoms with E-state index in [4.69, 9.17) is 5.73 Å². The molecule has 0 aliphatic heterocycles. The molecule has 3 N–H and O–H groups in total. The van der Waals surface area contributed by atoms with Gasteiger partial charge in [-0.3, -0.25) is 4.79 Å². The van der Waals surface area contributed by atoms with Crippen LogP contribution < -0.4 is 11.1 Å². The minimum atomic E-state index is -0.525. The van der Waals surface area contributed by atoms with Crippen molar-refractivity contribution in [3.63, 3.8) is 0 Å². The molecule has 0 atom stereocenters. The summed E-state index contributed by atoms with van der Waals surface area (Å²) < 4.78 is 4.68. The van der Waals surface area contributed by atoms with Gasteiger partial charge in [-0.15, -0.1) is 11.3 Å². The molecule has 2 rings (SSSR count). The predicted molar refractivity (Wildman–Crippen MR) is 82.4 cm³/mol. The number of ether oxygens (including phenoxy) is 1. The summed E-state index contributed by atoms with van der Waals surface area (Å²) in [6.45, 7) is 2.11. The van der Waals surface area contributed by atoms with Crippen LogP contribution in [0.25, 0.3) is 0 Å². The number of thiophene rings is 1. The molecule has 0 saturated carbocycles. The first-order valence-corrected chi connectivity index (χ1v) is 7.15. The van der Waals surface area contributed by atoms with Crippen LogP contribution in [-0.4, -0.2) is 19.0 Å². The molecule has 21 heavy (non-hydrogen) atoms. The third kappa shape index (κ3) is 3.22. The molecule has 110 valence electrons. The number of nitrogens with one attached hydrogen (secondary N) is 1. The summed E-state index contributed by atoms with van der Waals surface area (Å²) in [6.07, 6.45) is 0. The number of nitrogens with two attached hydrogens (primary N) is 1. The Morgan fingerprint density at radius 1 is 1.29 bits per heavy atom. The Labute approximate surface area is 126 Å². The summed E-state index contributed by atoms with van der Waals surface area (Å²) in [6, 6.07) is 9.58. The molecule has 1 aromatic carbocycles. The van der Waals surface area contributed by atoms with Gasteiger partial charge in [-0.2, -0.15) is 0 Å². The summed E-state index contributed by atoms with van der Waals surface area (Å²) in [5, 5.41) is 3.11. The third-order valence-electron chi connectivity index (χ3n) is 3.07. The highest BCUT2D eigenvalue weighted by molar-refractivity contribution is 7.18. The first-order valence-electron chi connectivity index (χ1n) is 6.34. The molecule has 0 spiro atoms. The third-order valence-corrected chi connectivity index (χ3v) is 4.19. The van der Waals surface area contributed by atoms with E-state index in [2.05, 4.69) is 10.1 Å². The number of methoxy groups -OCH3 is 1. The fraction of sp³-hybridized carbons (Fsp3) is 0.200. The van der Waals surface area contributed by atoms with Crippen molar-refractivity contribution in [1.82, 2.24) is 5.32 Å². The van der Waals surface area contributed by atoms with Gasteiger partial charge in [0.25, 0.3) is 5.91 Å². The van der Waals surface area contributed by atoms with Crippen LogP contribution in [0.4, 0.5) is 5.00 Å². The van der Waals surface area contributed by atoms with Crippen LogP contribution in [0.2, 0.25) is 0 Å². The number of hydrogen-bond donors (Lipinski definition) is 2. The van der Waals surface area contributed by atoms with Crippen molar-refractivity contribution >= 4 is 28.2 Å². The number of anilines is 1. The molecule has 0 unspecified atom stereocenters. The van der Waals surface area contributed by atoms with Crippen LogP contribution in [0.5, 0.6) is 0 Å². The van der Waals surface area contributed by atoms with Gasteiger partial charge in [-0.1, -0.05) is 30.3 Å². The van der Waals surface area contributed by atoms with Crippen molar-refractivity contribution in [1.29, 1.82) is 0 Å². The van der Waals surface area contributed by atoms with E-state index in [-0.39, 0.29) is 11.5 Å². The quantitative estimate of drug-likeness (QED) is 0.850. The number of rotatable bonds is 4. The first-order chi connectivity index (χ1) is 10.0. The minimum Gasteiger partial charge on any atom is -0.465 e. The van der Waals surface area contributed by atoms with Gasteiger partial charge < -0.3 is 15.8 Å². The van der Waals surface area contributed by atoms with Gasteiger partial charge in [-0.25, -0.2) is 4.79 Å². The lowest BCUT2D eigenvalue weighted by molar-refractivity contribution is 0.0601. The molecule has 0 aliphatic carbocycles. The molecule has 2 aromatic rings. The second kappa shape index (κ2) is 6.41. The smallest absolute Gasteiger partial charge is 0.341 e. The van der Waals surface area contributed by atoms with E-state index in [1.165, 1.54) is 7.11 Å². The fourth-order valence-electron chi connectivity index (χ4n) is 1.97. The van der Waals surface area contributed by atoms with Crippen LogP contribution >= 0.6 is 11.3 Å². The summed E-state index contributed by atoms with van der Waals surface area (Å²) >= 11 is 1.09. The number of nitrogen functional groups attached to an aromatic ring is 1. The van der Waals surface area contributed by atoms with Crippen molar-refractivity contribution in [2.45, 2.75) is 13.5 Å². The zero-order chi connectivity index (χ0) is 15.4. The van der Waals surface area contributed by atoms with Crippen molar-refractivity contribution in [3.8, 4) is 0 Å². The SMILES string of the molecule is COC(=O)c1c(N)sc(C(=O)NCc2ccccc2)c1C. The Kier molecular flexibility index (Phi) is 4.59. The molecule has 0 radical (unpaired) electrons. The number of benzene rings is 1. The molecule has 0 saturated heterocycles. The number of hydrogen-bond acceptors (Lipinski definition) is 5. The summed E-state index contributed by atoms with van der Waals surface area (Å²) in [5.41, 5.74) is 7.62. The largest absolute Gasteiger partial charge is 0.465 e. The molecule has 0 aliphatic rings. The predicted octanol–water partition coefficient (Wildman–Crippen LogP) is 2.36. The zero-order valence-electron chi connectivity index (χ0n) is 11.8. The first kappa shape index (κ1) is 15.1. The van der Waals surface area contributed by atoms with E-state index >= 15 is 0 Å². The minimum absolute atomic E-state index is 0.247. The Morgan fingerprint density at radius 2 is 1.95 bits per heavy atom. The molecule has 6 heteroatoms. The number of esters is 1. The lowest BCUT2D eigenvalue weighted by Gasteiger charge is -2.05. The lowest BCUT2D eigenvalue weighted by atomic mass is 10.1. The Bertz CT molecular complexity index is 665. The van der Waals surface area contributed by atoms with Crippen molar-refractivity contribution in [2.24, 2.45) is 0 Å². The van der Waals surface area contributed by atoms with Crippen LogP contribution in [0, 0.1) is 6.92 Å². The maximum Gasteiger partial charge on any atom is 0.341 e. The van der Waals surface area contributed by atoms with E-state index in [0.717, 1.165) is 16.9 Å². The topological polar surface area (TPSA) is 81.4 Å². The van der Waals surface area contributed by atoms with Crippen molar-refractivity contribution in [3.05, 3.63) is 51.9 Å². The van der Waals surface area contributed by atoms with Crippen LogP contribution in [0.1, 0.15) is 31.2 Å². The van der Waals surface area contributed by atoms with Gasteiger partial charge in [0.2, 0.25) is 0 Å². The van der Waals surface area contributed by atoms with Crippen LogP contribution in [-0.2, 0) is 11.3 Å². The average Bonchev–Trinajstić information content (AvgIpc) is 2.80. The molecule has 1 amide bonds. The molecule has 1 heterocycles.